The van der Waals surface area contributed by atoms with Gasteiger partial charge in [-0.1, -0.05) is 0 Å². The van der Waals surface area contributed by atoms with Gasteiger partial charge < -0.3 is 15.3 Å². The second kappa shape index (κ2) is 4.72. The van der Waals surface area contributed by atoms with Crippen LogP contribution in [0.1, 0.15) is 19.3 Å². The molecule has 0 unspecified atom stereocenters. The average molecular weight is 230 g/mol. The fourth-order valence-corrected chi connectivity index (χ4v) is 3.54. The van der Waals surface area contributed by atoms with Crippen molar-refractivity contribution in [3.8, 4) is 0 Å². The number of carbonyl (C=O) groups is 1. The molecule has 4 nitrogen and oxygen atoms in total. The van der Waals surface area contributed by atoms with Crippen molar-refractivity contribution in [2.75, 3.05) is 32.0 Å². The number of hydrogen-bond acceptors (Lipinski definition) is 4. The number of rotatable bonds is 2. The lowest BCUT2D eigenvalue weighted by atomic mass is 10.0. The largest absolute Gasteiger partial charge is 0.396 e. The van der Waals surface area contributed by atoms with Gasteiger partial charge in [-0.2, -0.15) is 0 Å². The Hall–Kier alpha value is -0.260. The van der Waals surface area contributed by atoms with E-state index in [1.807, 2.05) is 16.7 Å². The topological polar surface area (TPSA) is 52.6 Å². The molecule has 5 heteroatoms. The zero-order valence-electron chi connectivity index (χ0n) is 8.87. The Morgan fingerprint density at radius 2 is 2.20 bits per heavy atom. The van der Waals surface area contributed by atoms with E-state index in [2.05, 4.69) is 5.32 Å². The summed E-state index contributed by atoms with van der Waals surface area (Å²) in [6, 6.07) is 0. The number of aliphatic hydroxyl groups is 1. The highest BCUT2D eigenvalue weighted by molar-refractivity contribution is 8.00. The van der Waals surface area contributed by atoms with Gasteiger partial charge in [-0.05, 0) is 12.8 Å². The summed E-state index contributed by atoms with van der Waals surface area (Å²) in [6.45, 7) is 2.72. The summed E-state index contributed by atoms with van der Waals surface area (Å²) >= 11 is 1.99. The van der Waals surface area contributed by atoms with Crippen LogP contribution in [0.5, 0.6) is 0 Å². The Kier molecular flexibility index (Phi) is 3.53. The van der Waals surface area contributed by atoms with Crippen molar-refractivity contribution >= 4 is 17.7 Å². The van der Waals surface area contributed by atoms with Crippen molar-refractivity contribution in [2.45, 2.75) is 24.1 Å². The summed E-state index contributed by atoms with van der Waals surface area (Å²) < 4.78 is 0. The highest BCUT2D eigenvalue weighted by Gasteiger charge is 2.38. The number of likely N-dealkylation sites (tertiary alicyclic amines) is 1. The molecule has 0 radical (unpaired) electrons. The molecule has 2 aliphatic heterocycles. The fraction of sp³-hybridized carbons (Fsp3) is 0.900. The van der Waals surface area contributed by atoms with Gasteiger partial charge in [0.25, 0.3) is 0 Å². The third kappa shape index (κ3) is 2.46. The molecule has 2 rings (SSSR count). The van der Waals surface area contributed by atoms with E-state index in [1.165, 1.54) is 5.75 Å². The minimum absolute atomic E-state index is 0.0342. The lowest BCUT2D eigenvalue weighted by Gasteiger charge is -2.38. The Labute approximate surface area is 94.4 Å². The number of amides is 1. The Balaban J connectivity index is 1.83. The molecule has 2 saturated heterocycles. The molecular weight excluding hydrogens is 212 g/mol. The maximum Gasteiger partial charge on any atom is 0.224 e. The first kappa shape index (κ1) is 11.2. The van der Waals surface area contributed by atoms with Gasteiger partial charge in [0.2, 0.25) is 5.91 Å². The maximum absolute atomic E-state index is 11.5. The molecule has 0 aliphatic carbocycles. The Morgan fingerprint density at radius 3 is 2.73 bits per heavy atom. The minimum atomic E-state index is -0.0342. The highest BCUT2D eigenvalue weighted by atomic mass is 32.2. The van der Waals surface area contributed by atoms with Crippen LogP contribution < -0.4 is 5.32 Å². The van der Waals surface area contributed by atoms with Crippen LogP contribution >= 0.6 is 11.8 Å². The van der Waals surface area contributed by atoms with Crippen LogP contribution in [-0.4, -0.2) is 52.8 Å². The molecule has 2 fully saturated rings. The number of nitrogens with one attached hydrogen (secondary N) is 1. The van der Waals surface area contributed by atoms with Gasteiger partial charge in [0.1, 0.15) is 0 Å². The molecule has 0 saturated carbocycles. The quantitative estimate of drug-likeness (QED) is 0.702. The number of nitrogens with zero attached hydrogens (tertiary/aromatic N) is 1. The van der Waals surface area contributed by atoms with Gasteiger partial charge in [0.05, 0.1) is 11.5 Å². The predicted molar refractivity (Wildman–Crippen MR) is 60.7 cm³/mol. The summed E-state index contributed by atoms with van der Waals surface area (Å²) in [5, 5.41) is 12.2. The van der Waals surface area contributed by atoms with E-state index in [-0.39, 0.29) is 23.8 Å². The fourth-order valence-electron chi connectivity index (χ4n) is 2.27. The molecular formula is C10H18N2O2S. The monoisotopic (exact) mass is 230 g/mol. The van der Waals surface area contributed by atoms with Crippen molar-refractivity contribution in [3.63, 3.8) is 0 Å². The second-order valence-electron chi connectivity index (χ2n) is 4.12. The molecule has 2 heterocycles. The number of piperidine rings is 1. The molecule has 1 spiro atoms. The standard InChI is InChI=1S/C10H18N2O2S/c13-7-1-9(14)12-5-2-10(3-6-12)11-4-8-15-10/h11,13H,1-8H2. The van der Waals surface area contributed by atoms with Crippen molar-refractivity contribution in [2.24, 2.45) is 0 Å². The molecule has 0 aromatic rings. The Morgan fingerprint density at radius 1 is 1.47 bits per heavy atom. The molecule has 86 valence electrons. The van der Waals surface area contributed by atoms with Gasteiger partial charge in [-0.3, -0.25) is 4.79 Å². The van der Waals surface area contributed by atoms with E-state index >= 15 is 0 Å². The third-order valence-electron chi connectivity index (χ3n) is 3.18. The first-order valence-electron chi connectivity index (χ1n) is 5.53. The van der Waals surface area contributed by atoms with E-state index in [0.29, 0.717) is 0 Å². The summed E-state index contributed by atoms with van der Waals surface area (Å²) in [5.74, 6) is 1.28. The van der Waals surface area contributed by atoms with Gasteiger partial charge in [-0.15, -0.1) is 11.8 Å². The van der Waals surface area contributed by atoms with E-state index in [9.17, 15) is 4.79 Å². The van der Waals surface area contributed by atoms with Crippen LogP contribution in [-0.2, 0) is 4.79 Å². The zero-order chi connectivity index (χ0) is 10.7. The van der Waals surface area contributed by atoms with Crippen molar-refractivity contribution in [1.82, 2.24) is 10.2 Å². The van der Waals surface area contributed by atoms with Gasteiger partial charge in [-0.25, -0.2) is 0 Å². The van der Waals surface area contributed by atoms with Crippen LogP contribution in [0.3, 0.4) is 0 Å². The van der Waals surface area contributed by atoms with Crippen LogP contribution in [0.2, 0.25) is 0 Å². The van der Waals surface area contributed by atoms with Crippen LogP contribution in [0.4, 0.5) is 0 Å². The van der Waals surface area contributed by atoms with E-state index in [4.69, 9.17) is 5.11 Å². The van der Waals surface area contributed by atoms with E-state index < -0.39 is 0 Å². The second-order valence-corrected chi connectivity index (χ2v) is 5.60. The summed E-state index contributed by atoms with van der Waals surface area (Å²) in [7, 11) is 0. The van der Waals surface area contributed by atoms with Crippen molar-refractivity contribution in [1.29, 1.82) is 0 Å². The third-order valence-corrected chi connectivity index (χ3v) is 4.69. The first-order chi connectivity index (χ1) is 7.26. The first-order valence-corrected chi connectivity index (χ1v) is 6.52. The molecule has 0 aromatic carbocycles. The molecule has 2 N–H and O–H groups in total. The lowest BCUT2D eigenvalue weighted by molar-refractivity contribution is -0.133. The minimum Gasteiger partial charge on any atom is -0.396 e. The number of thioether (sulfide) groups is 1. The molecule has 15 heavy (non-hydrogen) atoms. The lowest BCUT2D eigenvalue weighted by Crippen LogP contribution is -2.50. The molecule has 0 bridgehead atoms. The Bertz CT molecular complexity index is 232. The predicted octanol–water partition coefficient (Wildman–Crippen LogP) is 0.0239. The highest BCUT2D eigenvalue weighted by Crippen LogP contribution is 2.36. The van der Waals surface area contributed by atoms with E-state index in [1.54, 1.807) is 0 Å². The van der Waals surface area contributed by atoms with Crippen molar-refractivity contribution < 1.29 is 9.90 Å². The summed E-state index contributed by atoms with van der Waals surface area (Å²) in [6.07, 6.45) is 2.34. The smallest absolute Gasteiger partial charge is 0.224 e. The zero-order valence-corrected chi connectivity index (χ0v) is 9.68. The van der Waals surface area contributed by atoms with Crippen LogP contribution in [0.15, 0.2) is 0 Å². The molecule has 0 aromatic heterocycles. The van der Waals surface area contributed by atoms with Crippen LogP contribution in [0, 0.1) is 0 Å². The van der Waals surface area contributed by atoms with E-state index in [0.717, 1.165) is 32.5 Å². The SMILES string of the molecule is O=C(CCO)N1CCC2(CC1)NCCS2. The average Bonchev–Trinajstić information content (AvgIpc) is 2.68. The molecule has 1 amide bonds. The number of hydrogen-bond donors (Lipinski definition) is 2. The van der Waals surface area contributed by atoms with Crippen LogP contribution in [0.25, 0.3) is 0 Å². The van der Waals surface area contributed by atoms with Gasteiger partial charge in [0.15, 0.2) is 0 Å². The van der Waals surface area contributed by atoms with Gasteiger partial charge >= 0.3 is 0 Å². The maximum atomic E-state index is 11.5. The molecule has 2 aliphatic rings. The molecule has 0 atom stereocenters. The van der Waals surface area contributed by atoms with Gasteiger partial charge in [0, 0.05) is 31.8 Å². The number of aliphatic hydroxyl groups excluding tert-OH is 1. The number of carbonyl (C=O) groups excluding carboxylic acids is 1. The van der Waals surface area contributed by atoms with Crippen molar-refractivity contribution in [3.05, 3.63) is 0 Å². The summed E-state index contributed by atoms with van der Waals surface area (Å²) in [4.78, 5) is 13.7. The normalized spacial score (nSPS) is 24.7. The summed E-state index contributed by atoms with van der Waals surface area (Å²) in [5.41, 5.74) is 0.